The summed E-state index contributed by atoms with van der Waals surface area (Å²) >= 11 is -2.65. The van der Waals surface area contributed by atoms with Crippen LogP contribution in [0.2, 0.25) is 0 Å². The van der Waals surface area contributed by atoms with Crippen LogP contribution in [0.5, 0.6) is 0 Å². The number of urea groups is 1. The number of amides is 2. The van der Waals surface area contributed by atoms with Crippen LogP contribution in [0.15, 0.2) is 0 Å². The lowest BCUT2D eigenvalue weighted by Crippen LogP contribution is -2.47. The van der Waals surface area contributed by atoms with Crippen molar-refractivity contribution in [2.45, 2.75) is 25.5 Å². The summed E-state index contributed by atoms with van der Waals surface area (Å²) in [6.07, 6.45) is 1.52. The quantitative estimate of drug-likeness (QED) is 0.628. The van der Waals surface area contributed by atoms with Crippen molar-refractivity contribution >= 4 is 17.3 Å². The van der Waals surface area contributed by atoms with Crippen molar-refractivity contribution < 1.29 is 18.3 Å². The number of carbonyl (C=O) groups excluding carboxylic acids is 1. The zero-order valence-corrected chi connectivity index (χ0v) is 7.79. The number of hydrogen-bond donors (Lipinski definition) is 1. The standard InChI is InChI=1S/C6H12N2O4S/c7-6(9)8(13(10)11)5-3-1-2-4-12-5/h5H,1-4H2,(H2,7,9)(H,10,11)/p-1. The first-order chi connectivity index (χ1) is 6.13. The Kier molecular flexibility index (Phi) is 3.64. The van der Waals surface area contributed by atoms with Gasteiger partial charge in [-0.2, -0.15) is 0 Å². The lowest BCUT2D eigenvalue weighted by molar-refractivity contribution is -0.0346. The smallest absolute Gasteiger partial charge is 0.328 e. The van der Waals surface area contributed by atoms with E-state index in [4.69, 9.17) is 10.5 Å². The Morgan fingerprint density at radius 2 is 2.31 bits per heavy atom. The third kappa shape index (κ3) is 2.64. The molecule has 0 aromatic heterocycles. The van der Waals surface area contributed by atoms with Crippen LogP contribution in [0, 0.1) is 0 Å². The van der Waals surface area contributed by atoms with Gasteiger partial charge in [0.1, 0.15) is 6.23 Å². The minimum absolute atomic E-state index is 0.464. The summed E-state index contributed by atoms with van der Waals surface area (Å²) in [5.74, 6) is 0. The highest BCUT2D eigenvalue weighted by Gasteiger charge is 2.25. The van der Waals surface area contributed by atoms with Crippen molar-refractivity contribution in [3.8, 4) is 0 Å². The molecular weight excluding hydrogens is 196 g/mol. The van der Waals surface area contributed by atoms with E-state index < -0.39 is 23.5 Å². The molecular formula is C6H11N2O4S-. The third-order valence-electron chi connectivity index (χ3n) is 1.80. The normalized spacial score (nSPS) is 25.2. The van der Waals surface area contributed by atoms with Crippen molar-refractivity contribution in [2.75, 3.05) is 6.61 Å². The topological polar surface area (TPSA) is 95.7 Å². The highest BCUT2D eigenvalue weighted by Crippen LogP contribution is 2.17. The number of primary amides is 1. The number of rotatable bonds is 2. The number of carbonyl (C=O) groups is 1. The van der Waals surface area contributed by atoms with E-state index >= 15 is 0 Å². The van der Waals surface area contributed by atoms with Gasteiger partial charge in [-0.3, -0.25) is 4.21 Å². The minimum Gasteiger partial charge on any atom is -0.755 e. The van der Waals surface area contributed by atoms with Gasteiger partial charge >= 0.3 is 6.03 Å². The molecule has 76 valence electrons. The molecule has 0 bridgehead atoms. The number of nitrogens with two attached hydrogens (primary N) is 1. The molecule has 0 aromatic rings. The Hall–Kier alpha value is -0.660. The zero-order chi connectivity index (χ0) is 9.84. The van der Waals surface area contributed by atoms with Crippen molar-refractivity contribution in [3.63, 3.8) is 0 Å². The van der Waals surface area contributed by atoms with Gasteiger partial charge in [0, 0.05) is 6.61 Å². The van der Waals surface area contributed by atoms with Crippen LogP contribution >= 0.6 is 0 Å². The summed E-state index contributed by atoms with van der Waals surface area (Å²) in [7, 11) is 0. The minimum atomic E-state index is -2.65. The maximum Gasteiger partial charge on any atom is 0.328 e. The number of ether oxygens (including phenoxy) is 1. The summed E-state index contributed by atoms with van der Waals surface area (Å²) in [5, 5.41) is 0. The molecule has 0 aliphatic carbocycles. The Morgan fingerprint density at radius 1 is 1.62 bits per heavy atom. The van der Waals surface area contributed by atoms with E-state index in [0.717, 1.165) is 12.8 Å². The van der Waals surface area contributed by atoms with Crippen molar-refractivity contribution in [3.05, 3.63) is 0 Å². The lowest BCUT2D eigenvalue weighted by atomic mass is 10.2. The fourth-order valence-corrected chi connectivity index (χ4v) is 1.73. The van der Waals surface area contributed by atoms with Crippen LogP contribution < -0.4 is 5.73 Å². The first-order valence-corrected chi connectivity index (χ1v) is 4.95. The molecule has 6 nitrogen and oxygen atoms in total. The second-order valence-corrected chi connectivity index (χ2v) is 3.53. The zero-order valence-electron chi connectivity index (χ0n) is 6.97. The molecule has 1 saturated heterocycles. The van der Waals surface area contributed by atoms with Crippen LogP contribution in [0.4, 0.5) is 4.79 Å². The largest absolute Gasteiger partial charge is 0.755 e. The van der Waals surface area contributed by atoms with Crippen molar-refractivity contribution in [2.24, 2.45) is 5.73 Å². The maximum absolute atomic E-state index is 10.7. The molecule has 2 amide bonds. The molecule has 13 heavy (non-hydrogen) atoms. The van der Waals surface area contributed by atoms with Crippen molar-refractivity contribution in [1.82, 2.24) is 4.31 Å². The molecule has 2 N–H and O–H groups in total. The second-order valence-electron chi connectivity index (χ2n) is 2.70. The van der Waals surface area contributed by atoms with Gasteiger partial charge in [-0.1, -0.05) is 0 Å². The summed E-state index contributed by atoms with van der Waals surface area (Å²) in [6.45, 7) is 0.464. The van der Waals surface area contributed by atoms with Crippen LogP contribution in [0.25, 0.3) is 0 Å². The molecule has 0 saturated carbocycles. The van der Waals surface area contributed by atoms with E-state index in [0.29, 0.717) is 17.3 Å². The maximum atomic E-state index is 10.7. The predicted molar refractivity (Wildman–Crippen MR) is 43.9 cm³/mol. The van der Waals surface area contributed by atoms with Gasteiger partial charge < -0.3 is 15.0 Å². The summed E-state index contributed by atoms with van der Waals surface area (Å²) in [6, 6.07) is -1.000. The first kappa shape index (κ1) is 10.4. The van der Waals surface area contributed by atoms with Gasteiger partial charge in [0.2, 0.25) is 0 Å². The van der Waals surface area contributed by atoms with Gasteiger partial charge in [0.25, 0.3) is 0 Å². The first-order valence-electron chi connectivity index (χ1n) is 3.92. The van der Waals surface area contributed by atoms with Crippen molar-refractivity contribution in [1.29, 1.82) is 0 Å². The summed E-state index contributed by atoms with van der Waals surface area (Å²) < 4.78 is 26.8. The Labute approximate surface area is 78.4 Å². The van der Waals surface area contributed by atoms with E-state index in [1.54, 1.807) is 0 Å². The SMILES string of the molecule is NC(=O)N(C1CCCCO1)S(=O)[O-]. The van der Waals surface area contributed by atoms with Gasteiger partial charge in [0.05, 0.1) is 11.3 Å². The van der Waals surface area contributed by atoms with E-state index in [1.165, 1.54) is 0 Å². The molecule has 2 atom stereocenters. The average molecular weight is 207 g/mol. The molecule has 2 unspecified atom stereocenters. The van der Waals surface area contributed by atoms with Gasteiger partial charge in [-0.25, -0.2) is 9.10 Å². The molecule has 0 spiro atoms. The van der Waals surface area contributed by atoms with E-state index in [1.807, 2.05) is 0 Å². The summed E-state index contributed by atoms with van der Waals surface area (Å²) in [4.78, 5) is 10.7. The lowest BCUT2D eigenvalue weighted by Gasteiger charge is -2.33. The monoisotopic (exact) mass is 207 g/mol. The molecule has 1 rings (SSSR count). The number of hydrogen-bond acceptors (Lipinski definition) is 4. The predicted octanol–water partition coefficient (Wildman–Crippen LogP) is -0.312. The number of nitrogens with zero attached hydrogens (tertiary/aromatic N) is 1. The van der Waals surface area contributed by atoms with E-state index in [9.17, 15) is 13.6 Å². The van der Waals surface area contributed by atoms with Crippen LogP contribution in [-0.2, 0) is 16.0 Å². The molecule has 1 aliphatic heterocycles. The average Bonchev–Trinajstić information content (AvgIpc) is 2.04. The molecule has 1 fully saturated rings. The van der Waals surface area contributed by atoms with Crippen LogP contribution in [0.1, 0.15) is 19.3 Å². The molecule has 1 aliphatic rings. The fourth-order valence-electron chi connectivity index (χ4n) is 1.22. The highest BCUT2D eigenvalue weighted by atomic mass is 32.2. The molecule has 7 heteroatoms. The van der Waals surface area contributed by atoms with Gasteiger partial charge in [-0.15, -0.1) is 0 Å². The van der Waals surface area contributed by atoms with Gasteiger partial charge in [0.15, 0.2) is 0 Å². The fraction of sp³-hybridized carbons (Fsp3) is 0.833. The van der Waals surface area contributed by atoms with E-state index in [-0.39, 0.29) is 0 Å². The summed E-state index contributed by atoms with van der Waals surface area (Å²) in [5.41, 5.74) is 4.88. The van der Waals surface area contributed by atoms with Gasteiger partial charge in [-0.05, 0) is 19.3 Å². The van der Waals surface area contributed by atoms with Crippen LogP contribution in [-0.4, -0.2) is 31.9 Å². The Balaban J connectivity index is 2.62. The third-order valence-corrected chi connectivity index (χ3v) is 2.53. The van der Waals surface area contributed by atoms with Crippen LogP contribution in [0.3, 0.4) is 0 Å². The second kappa shape index (κ2) is 4.54. The Bertz CT molecular complexity index is 203. The molecule has 0 radical (unpaired) electrons. The van der Waals surface area contributed by atoms with E-state index in [2.05, 4.69) is 0 Å². The Morgan fingerprint density at radius 3 is 2.69 bits per heavy atom. The highest BCUT2D eigenvalue weighted by molar-refractivity contribution is 7.77. The molecule has 1 heterocycles. The molecule has 0 aromatic carbocycles.